The third kappa shape index (κ3) is 6.20. The molecule has 200 valence electrons. The van der Waals surface area contributed by atoms with Gasteiger partial charge in [0.1, 0.15) is 6.23 Å². The van der Waals surface area contributed by atoms with Gasteiger partial charge >= 0.3 is 0 Å². The van der Waals surface area contributed by atoms with Crippen LogP contribution in [0.4, 0.5) is 0 Å². The topological polar surface area (TPSA) is 98.1 Å². The Morgan fingerprint density at radius 1 is 1.03 bits per heavy atom. The standard InChI is InChI=1S/C26H49N7O2/c1-31(2)21-7-5-18(6-8-21)17-33-13-3-4-22(33)26-29-25(30-35-26)20-9-12-28-23(16-20)32-14-10-19(11-15-32)24(27)34/h18-23,25-26,28-30H,3-17H2,1-2H3,(H2,27,34). The Hall–Kier alpha value is -0.810. The number of nitrogens with two attached hydrogens (primary N) is 1. The molecule has 4 saturated heterocycles. The molecule has 0 radical (unpaired) electrons. The summed E-state index contributed by atoms with van der Waals surface area (Å²) < 4.78 is 0. The third-order valence-electron chi connectivity index (χ3n) is 9.73. The summed E-state index contributed by atoms with van der Waals surface area (Å²) >= 11 is 0. The summed E-state index contributed by atoms with van der Waals surface area (Å²) in [5.41, 5.74) is 8.92. The minimum Gasteiger partial charge on any atom is -0.369 e. The molecule has 4 heterocycles. The zero-order chi connectivity index (χ0) is 24.4. The lowest BCUT2D eigenvalue weighted by molar-refractivity contribution is -0.123. The normalized spacial score (nSPS) is 40.5. The molecule has 9 nitrogen and oxygen atoms in total. The minimum atomic E-state index is -0.135. The largest absolute Gasteiger partial charge is 0.369 e. The number of primary amides is 1. The average Bonchev–Trinajstić information content (AvgIpc) is 3.54. The van der Waals surface area contributed by atoms with Gasteiger partial charge in [0.25, 0.3) is 0 Å². The zero-order valence-corrected chi connectivity index (χ0v) is 22.0. The van der Waals surface area contributed by atoms with Gasteiger partial charge < -0.3 is 16.0 Å². The number of carbonyl (C=O) groups excluding carboxylic acids is 1. The Bertz CT molecular complexity index is 693. The second kappa shape index (κ2) is 11.7. The van der Waals surface area contributed by atoms with Crippen molar-refractivity contribution in [2.45, 2.75) is 94.9 Å². The molecule has 5 atom stereocenters. The summed E-state index contributed by atoms with van der Waals surface area (Å²) in [5, 5.41) is 7.57. The summed E-state index contributed by atoms with van der Waals surface area (Å²) in [6, 6.07) is 1.25. The fourth-order valence-corrected chi connectivity index (χ4v) is 7.41. The number of rotatable bonds is 7. The predicted octanol–water partition coefficient (Wildman–Crippen LogP) is 0.871. The van der Waals surface area contributed by atoms with E-state index >= 15 is 0 Å². The highest BCUT2D eigenvalue weighted by atomic mass is 16.7. The first kappa shape index (κ1) is 25.8. The number of likely N-dealkylation sites (tertiary alicyclic amines) is 2. The van der Waals surface area contributed by atoms with Gasteiger partial charge in [-0.25, -0.2) is 0 Å². The lowest BCUT2D eigenvalue weighted by Gasteiger charge is -2.42. The van der Waals surface area contributed by atoms with Crippen molar-refractivity contribution in [3.05, 3.63) is 0 Å². The van der Waals surface area contributed by atoms with E-state index in [1.54, 1.807) is 0 Å². The van der Waals surface area contributed by atoms with Crippen molar-refractivity contribution in [2.75, 3.05) is 46.8 Å². The number of hydroxylamine groups is 1. The molecule has 5 aliphatic rings. The van der Waals surface area contributed by atoms with Gasteiger partial charge in [-0.1, -0.05) is 0 Å². The summed E-state index contributed by atoms with van der Waals surface area (Å²) in [4.78, 5) is 25.4. The fraction of sp³-hybridized carbons (Fsp3) is 0.962. The smallest absolute Gasteiger partial charge is 0.220 e. The van der Waals surface area contributed by atoms with Crippen molar-refractivity contribution >= 4 is 5.91 Å². The highest BCUT2D eigenvalue weighted by Gasteiger charge is 2.42. The van der Waals surface area contributed by atoms with Crippen LogP contribution in [0.3, 0.4) is 0 Å². The number of carbonyl (C=O) groups is 1. The Morgan fingerprint density at radius 3 is 2.51 bits per heavy atom. The van der Waals surface area contributed by atoms with Crippen LogP contribution in [0.15, 0.2) is 0 Å². The monoisotopic (exact) mass is 491 g/mol. The number of hydrogen-bond donors (Lipinski definition) is 4. The molecular weight excluding hydrogens is 442 g/mol. The fourth-order valence-electron chi connectivity index (χ4n) is 7.41. The highest BCUT2D eigenvalue weighted by Crippen LogP contribution is 2.32. The van der Waals surface area contributed by atoms with Crippen molar-refractivity contribution in [2.24, 2.45) is 23.5 Å². The molecule has 5 unspecified atom stereocenters. The van der Waals surface area contributed by atoms with Gasteiger partial charge in [0, 0.05) is 31.6 Å². The molecule has 0 aromatic carbocycles. The van der Waals surface area contributed by atoms with Crippen LogP contribution in [0, 0.1) is 17.8 Å². The molecular formula is C26H49N7O2. The SMILES string of the molecule is CN(C)C1CCC(CN2CCCC2C2NC(C3CCNC(N4CCC(C(N)=O)CC4)C3)NO2)CC1. The van der Waals surface area contributed by atoms with Crippen LogP contribution in [-0.2, 0) is 9.63 Å². The molecule has 9 heteroatoms. The second-order valence-electron chi connectivity index (χ2n) is 12.1. The first-order chi connectivity index (χ1) is 17.0. The maximum absolute atomic E-state index is 11.5. The molecule has 1 saturated carbocycles. The van der Waals surface area contributed by atoms with Crippen molar-refractivity contribution in [1.29, 1.82) is 0 Å². The van der Waals surface area contributed by atoms with Gasteiger partial charge in [-0.3, -0.25) is 24.7 Å². The molecule has 0 spiro atoms. The number of piperidine rings is 2. The highest BCUT2D eigenvalue weighted by molar-refractivity contribution is 5.76. The summed E-state index contributed by atoms with van der Waals surface area (Å²) in [6.45, 7) is 5.38. The van der Waals surface area contributed by atoms with Crippen molar-refractivity contribution < 1.29 is 9.63 Å². The molecule has 0 aromatic heterocycles. The maximum atomic E-state index is 11.5. The van der Waals surface area contributed by atoms with E-state index in [0.717, 1.165) is 57.3 Å². The molecule has 0 aromatic rings. The minimum absolute atomic E-state index is 0.0512. The Balaban J connectivity index is 1.09. The van der Waals surface area contributed by atoms with Gasteiger partial charge in [0.05, 0.1) is 18.4 Å². The Labute approximate surface area is 211 Å². The van der Waals surface area contributed by atoms with E-state index in [4.69, 9.17) is 10.6 Å². The van der Waals surface area contributed by atoms with Crippen LogP contribution >= 0.6 is 0 Å². The van der Waals surface area contributed by atoms with E-state index in [9.17, 15) is 4.79 Å². The van der Waals surface area contributed by atoms with Crippen molar-refractivity contribution in [1.82, 2.24) is 30.8 Å². The van der Waals surface area contributed by atoms with Crippen molar-refractivity contribution in [3.8, 4) is 0 Å². The lowest BCUT2D eigenvalue weighted by Crippen LogP contribution is -2.57. The Morgan fingerprint density at radius 2 is 1.80 bits per heavy atom. The third-order valence-corrected chi connectivity index (χ3v) is 9.73. The molecule has 5 fully saturated rings. The van der Waals surface area contributed by atoms with Gasteiger partial charge in [-0.2, -0.15) is 5.48 Å². The predicted molar refractivity (Wildman–Crippen MR) is 137 cm³/mol. The first-order valence-electron chi connectivity index (χ1n) is 14.3. The van der Waals surface area contributed by atoms with Gasteiger partial charge in [0.15, 0.2) is 0 Å². The van der Waals surface area contributed by atoms with Crippen LogP contribution < -0.4 is 21.8 Å². The summed E-state index contributed by atoms with van der Waals surface area (Å²) in [7, 11) is 4.45. The average molecular weight is 492 g/mol. The van der Waals surface area contributed by atoms with E-state index in [1.165, 1.54) is 51.6 Å². The molecule has 0 bridgehead atoms. The van der Waals surface area contributed by atoms with Gasteiger partial charge in [-0.05, 0) is 103 Å². The summed E-state index contributed by atoms with van der Waals surface area (Å²) in [6.07, 6.45) is 12.6. The number of amides is 1. The van der Waals surface area contributed by atoms with E-state index in [-0.39, 0.29) is 24.2 Å². The van der Waals surface area contributed by atoms with Gasteiger partial charge in [-0.15, -0.1) is 0 Å². The van der Waals surface area contributed by atoms with Crippen LogP contribution in [0.25, 0.3) is 0 Å². The summed E-state index contributed by atoms with van der Waals surface area (Å²) in [5.74, 6) is 1.29. The van der Waals surface area contributed by atoms with E-state index < -0.39 is 0 Å². The number of hydrogen-bond acceptors (Lipinski definition) is 8. The second-order valence-corrected chi connectivity index (χ2v) is 12.1. The molecule has 1 amide bonds. The molecule has 5 rings (SSSR count). The van der Waals surface area contributed by atoms with E-state index in [0.29, 0.717) is 18.1 Å². The van der Waals surface area contributed by atoms with Gasteiger partial charge in [0.2, 0.25) is 5.91 Å². The van der Waals surface area contributed by atoms with E-state index in [1.807, 2.05) is 0 Å². The van der Waals surface area contributed by atoms with Crippen LogP contribution in [0.2, 0.25) is 0 Å². The lowest BCUT2D eigenvalue weighted by atomic mass is 9.85. The number of nitrogens with one attached hydrogen (secondary N) is 3. The van der Waals surface area contributed by atoms with E-state index in [2.05, 4.69) is 44.9 Å². The molecule has 35 heavy (non-hydrogen) atoms. The van der Waals surface area contributed by atoms with Crippen LogP contribution in [-0.4, -0.2) is 98.1 Å². The number of nitrogens with zero attached hydrogens (tertiary/aromatic N) is 3. The zero-order valence-electron chi connectivity index (χ0n) is 22.0. The molecule has 4 aliphatic heterocycles. The van der Waals surface area contributed by atoms with Crippen molar-refractivity contribution in [3.63, 3.8) is 0 Å². The molecule has 5 N–H and O–H groups in total. The Kier molecular flexibility index (Phi) is 8.64. The maximum Gasteiger partial charge on any atom is 0.220 e. The quantitative estimate of drug-likeness (QED) is 0.417. The van der Waals surface area contributed by atoms with Crippen LogP contribution in [0.1, 0.15) is 64.2 Å². The molecule has 1 aliphatic carbocycles. The first-order valence-corrected chi connectivity index (χ1v) is 14.3. The van der Waals surface area contributed by atoms with Crippen LogP contribution in [0.5, 0.6) is 0 Å².